The summed E-state index contributed by atoms with van der Waals surface area (Å²) in [5.41, 5.74) is 6.50. The quantitative estimate of drug-likeness (QED) is 0.857. The first kappa shape index (κ1) is 13.1. The number of allylic oxidation sites excluding steroid dienone is 4. The maximum atomic E-state index is 11.0. The summed E-state index contributed by atoms with van der Waals surface area (Å²) in [5.74, 6) is -0.419. The molecule has 0 aromatic heterocycles. The van der Waals surface area contributed by atoms with Crippen molar-refractivity contribution in [1.82, 2.24) is 0 Å². The molecule has 1 aliphatic carbocycles. The number of rotatable bonds is 2. The van der Waals surface area contributed by atoms with Crippen LogP contribution in [-0.4, -0.2) is 18.4 Å². The number of fused-ring (bicyclic) bond motifs is 3. The van der Waals surface area contributed by atoms with Gasteiger partial charge >= 0.3 is 5.97 Å². The second-order valence-electron chi connectivity index (χ2n) is 5.71. The smallest absolute Gasteiger partial charge is 0.335 e. The van der Waals surface area contributed by atoms with Crippen LogP contribution in [0.3, 0.4) is 0 Å². The van der Waals surface area contributed by atoms with Crippen LogP contribution in [0.15, 0.2) is 60.7 Å². The highest BCUT2D eigenvalue weighted by Gasteiger charge is 2.30. The molecule has 0 saturated heterocycles. The maximum Gasteiger partial charge on any atom is 0.335 e. The molecule has 0 bridgehead atoms. The van der Waals surface area contributed by atoms with E-state index in [2.05, 4.69) is 43.7 Å². The molecule has 3 heteroatoms. The maximum absolute atomic E-state index is 11.0. The van der Waals surface area contributed by atoms with Crippen molar-refractivity contribution in [1.29, 1.82) is 0 Å². The molecule has 2 aromatic carbocycles. The van der Waals surface area contributed by atoms with Crippen LogP contribution in [0.5, 0.6) is 0 Å². The third-order valence-corrected chi connectivity index (χ3v) is 4.41. The molecule has 1 N–H and O–H groups in total. The van der Waals surface area contributed by atoms with E-state index in [1.165, 1.54) is 22.2 Å². The summed E-state index contributed by atoms with van der Waals surface area (Å²) in [6.45, 7) is 0. The van der Waals surface area contributed by atoms with Gasteiger partial charge in [-0.25, -0.2) is 4.79 Å². The number of carbonyl (C=O) groups is 1. The molecule has 105 valence electrons. The lowest BCUT2D eigenvalue weighted by molar-refractivity contribution is 0.0697. The fourth-order valence-electron chi connectivity index (χ4n) is 3.35. The molecule has 0 saturated carbocycles. The number of carboxylic acid groups (broad SMARTS) is 1. The van der Waals surface area contributed by atoms with E-state index in [4.69, 9.17) is 5.11 Å². The van der Waals surface area contributed by atoms with Crippen LogP contribution in [0, 0.1) is 0 Å². The zero-order valence-corrected chi connectivity index (χ0v) is 12.0. The Balaban J connectivity index is 1.84. The van der Waals surface area contributed by atoms with Gasteiger partial charge in [0.25, 0.3) is 0 Å². The standard InChI is InChI=1S/C19H14BO2/c21-19(22)13-10-8-12(9-11-13)14-5-3-7-17-18(14)15-4-1-2-6-16(15)20-17/h1-5,7-11,16H,6H2,(H,21,22). The first-order valence-corrected chi connectivity index (χ1v) is 7.43. The van der Waals surface area contributed by atoms with Crippen LogP contribution in [0.1, 0.15) is 22.3 Å². The topological polar surface area (TPSA) is 37.3 Å². The second-order valence-corrected chi connectivity index (χ2v) is 5.71. The molecule has 1 atom stereocenters. The van der Waals surface area contributed by atoms with Crippen LogP contribution < -0.4 is 5.46 Å². The van der Waals surface area contributed by atoms with Crippen molar-refractivity contribution in [2.45, 2.75) is 12.2 Å². The Bertz CT molecular complexity index is 816. The van der Waals surface area contributed by atoms with Crippen molar-refractivity contribution in [3.63, 3.8) is 0 Å². The van der Waals surface area contributed by atoms with E-state index >= 15 is 0 Å². The third-order valence-electron chi connectivity index (χ3n) is 4.41. The minimum absolute atomic E-state index is 0.320. The van der Waals surface area contributed by atoms with E-state index in [9.17, 15) is 4.79 Å². The molecule has 2 aliphatic rings. The third kappa shape index (κ3) is 2.01. The number of carboxylic acids is 1. The average Bonchev–Trinajstić information content (AvgIpc) is 2.93. The van der Waals surface area contributed by atoms with Crippen molar-refractivity contribution in [3.8, 4) is 11.1 Å². The highest BCUT2D eigenvalue weighted by atomic mass is 16.4. The predicted molar refractivity (Wildman–Crippen MR) is 89.7 cm³/mol. The fourth-order valence-corrected chi connectivity index (χ4v) is 3.35. The van der Waals surface area contributed by atoms with Crippen LogP contribution in [-0.2, 0) is 0 Å². The monoisotopic (exact) mass is 285 g/mol. The van der Waals surface area contributed by atoms with E-state index in [-0.39, 0.29) is 0 Å². The van der Waals surface area contributed by atoms with Gasteiger partial charge < -0.3 is 5.11 Å². The summed E-state index contributed by atoms with van der Waals surface area (Å²) >= 11 is 0. The number of aromatic carboxylic acids is 1. The Hall–Kier alpha value is -2.55. The van der Waals surface area contributed by atoms with Gasteiger partial charge in [0.05, 0.1) is 5.56 Å². The van der Waals surface area contributed by atoms with Gasteiger partial charge in [-0.05, 0) is 46.6 Å². The number of hydrogen-bond acceptors (Lipinski definition) is 1. The zero-order chi connectivity index (χ0) is 15.1. The predicted octanol–water partition coefficient (Wildman–Crippen LogP) is 3.53. The molecule has 1 aliphatic heterocycles. The first-order valence-electron chi connectivity index (χ1n) is 7.43. The van der Waals surface area contributed by atoms with E-state index in [1.807, 2.05) is 12.1 Å². The Kier molecular flexibility index (Phi) is 3.00. The molecule has 1 unspecified atom stereocenters. The molecule has 22 heavy (non-hydrogen) atoms. The Morgan fingerprint density at radius 2 is 1.95 bits per heavy atom. The molecule has 0 amide bonds. The van der Waals surface area contributed by atoms with Crippen LogP contribution in [0.4, 0.5) is 0 Å². The summed E-state index contributed by atoms with van der Waals surface area (Å²) in [7, 11) is 2.33. The molecule has 1 radical (unpaired) electrons. The van der Waals surface area contributed by atoms with E-state index in [1.54, 1.807) is 12.1 Å². The van der Waals surface area contributed by atoms with Gasteiger partial charge in [-0.3, -0.25) is 0 Å². The molecule has 4 rings (SSSR count). The van der Waals surface area contributed by atoms with Gasteiger partial charge in [0, 0.05) is 0 Å². The molecule has 2 nitrogen and oxygen atoms in total. The van der Waals surface area contributed by atoms with Crippen molar-refractivity contribution in [2.24, 2.45) is 0 Å². The second kappa shape index (κ2) is 5.02. The molecule has 2 aromatic rings. The molecular weight excluding hydrogens is 271 g/mol. The Morgan fingerprint density at radius 1 is 1.14 bits per heavy atom. The van der Waals surface area contributed by atoms with Gasteiger partial charge in [0.15, 0.2) is 7.28 Å². The molecule has 0 spiro atoms. The van der Waals surface area contributed by atoms with Gasteiger partial charge in [0.2, 0.25) is 0 Å². The number of hydrogen-bond donors (Lipinski definition) is 1. The highest BCUT2D eigenvalue weighted by molar-refractivity contribution is 6.62. The van der Waals surface area contributed by atoms with Gasteiger partial charge in [-0.15, -0.1) is 0 Å². The zero-order valence-electron chi connectivity index (χ0n) is 12.0. The number of benzene rings is 2. The van der Waals surface area contributed by atoms with Crippen molar-refractivity contribution < 1.29 is 9.90 Å². The van der Waals surface area contributed by atoms with Crippen molar-refractivity contribution in [3.05, 3.63) is 71.8 Å². The molecular formula is C19H14BO2. The lowest BCUT2D eigenvalue weighted by Gasteiger charge is -2.16. The SMILES string of the molecule is O=C(O)c1ccc(-c2cccc3c2C2=CC=CCC2[B]3)cc1. The largest absolute Gasteiger partial charge is 0.478 e. The summed E-state index contributed by atoms with van der Waals surface area (Å²) in [4.78, 5) is 11.0. The lowest BCUT2D eigenvalue weighted by Crippen LogP contribution is -2.13. The highest BCUT2D eigenvalue weighted by Crippen LogP contribution is 2.42. The Labute approximate surface area is 130 Å². The minimum atomic E-state index is -0.890. The summed E-state index contributed by atoms with van der Waals surface area (Å²) < 4.78 is 0. The first-order chi connectivity index (χ1) is 10.7. The average molecular weight is 285 g/mol. The summed E-state index contributed by atoms with van der Waals surface area (Å²) in [6.07, 6.45) is 7.58. The fraction of sp³-hybridized carbons (Fsp3) is 0.105. The molecule has 0 fully saturated rings. The van der Waals surface area contributed by atoms with Gasteiger partial charge in [-0.1, -0.05) is 54.0 Å². The van der Waals surface area contributed by atoms with Crippen molar-refractivity contribution in [2.75, 3.05) is 0 Å². The van der Waals surface area contributed by atoms with Crippen LogP contribution in [0.25, 0.3) is 16.7 Å². The van der Waals surface area contributed by atoms with E-state index in [0.29, 0.717) is 11.4 Å². The van der Waals surface area contributed by atoms with E-state index < -0.39 is 5.97 Å². The van der Waals surface area contributed by atoms with Gasteiger partial charge in [0.1, 0.15) is 0 Å². The van der Waals surface area contributed by atoms with Crippen LogP contribution in [0.2, 0.25) is 5.82 Å². The normalized spacial score (nSPS) is 18.2. The lowest BCUT2D eigenvalue weighted by atomic mass is 9.61. The van der Waals surface area contributed by atoms with Crippen molar-refractivity contribution >= 4 is 24.3 Å². The van der Waals surface area contributed by atoms with Gasteiger partial charge in [-0.2, -0.15) is 0 Å². The summed E-state index contributed by atoms with van der Waals surface area (Å²) in [5, 5.41) is 9.03. The Morgan fingerprint density at radius 3 is 2.73 bits per heavy atom. The van der Waals surface area contributed by atoms with E-state index in [0.717, 1.165) is 12.0 Å². The minimum Gasteiger partial charge on any atom is -0.478 e. The van der Waals surface area contributed by atoms with Crippen LogP contribution >= 0.6 is 0 Å². The summed E-state index contributed by atoms with van der Waals surface area (Å²) in [6, 6.07) is 13.5. The molecule has 1 heterocycles.